The van der Waals surface area contributed by atoms with E-state index >= 15 is 0 Å². The Bertz CT molecular complexity index is 1430. The van der Waals surface area contributed by atoms with Crippen molar-refractivity contribution in [3.63, 3.8) is 0 Å². The van der Waals surface area contributed by atoms with E-state index in [4.69, 9.17) is 10.5 Å². The summed E-state index contributed by atoms with van der Waals surface area (Å²) in [4.78, 5) is 90.6. The van der Waals surface area contributed by atoms with Crippen LogP contribution < -0.4 is 37.1 Å². The first-order chi connectivity index (χ1) is 26.5. The third kappa shape index (κ3) is 18.2. The van der Waals surface area contributed by atoms with Crippen molar-refractivity contribution in [2.45, 2.75) is 111 Å². The largest absolute Gasteiger partial charge is 0.497 e. The van der Waals surface area contributed by atoms with Gasteiger partial charge < -0.3 is 52.2 Å². The number of nitrogens with zero attached hydrogens (tertiary/aromatic N) is 1. The molecule has 1 aromatic carbocycles. The number of aliphatic carboxylic acids is 1. The lowest BCUT2D eigenvalue weighted by molar-refractivity contribution is -0.142. The maximum atomic E-state index is 13.5. The highest BCUT2D eigenvalue weighted by molar-refractivity contribution is 5.93. The monoisotopic (exact) mass is 791 g/mol. The van der Waals surface area contributed by atoms with E-state index < -0.39 is 66.3 Å². The molecule has 0 spiro atoms. The van der Waals surface area contributed by atoms with Gasteiger partial charge in [0.1, 0.15) is 29.9 Å². The fraction of sp³-hybridized carbons (Fsp3) is 0.667. The van der Waals surface area contributed by atoms with E-state index in [9.17, 15) is 43.8 Å². The molecule has 0 saturated carbocycles. The van der Waals surface area contributed by atoms with Crippen molar-refractivity contribution >= 4 is 41.4 Å². The first-order valence-electron chi connectivity index (χ1n) is 19.4. The van der Waals surface area contributed by atoms with Gasteiger partial charge in [0.25, 0.3) is 0 Å². The SMILES string of the molecule is CCC(C)C(NC(=O)C(N)CO)C(=O)NC(C(=O)NCCCN(CCCC(=O)NCC(=O)NC(CC(C)C)C(=O)O)C(=O)Cc1ccc(OC)cc1)C(C)CC. The molecule has 0 radical (unpaired) electrons. The minimum absolute atomic E-state index is 0.00496. The van der Waals surface area contributed by atoms with Crippen molar-refractivity contribution < 1.29 is 48.5 Å². The highest BCUT2D eigenvalue weighted by Gasteiger charge is 2.33. The molecule has 0 aliphatic carbocycles. The van der Waals surface area contributed by atoms with Gasteiger partial charge in [0.15, 0.2) is 0 Å². The molecule has 1 aromatic rings. The zero-order valence-electron chi connectivity index (χ0n) is 34.0. The number of rotatable bonds is 27. The molecule has 0 heterocycles. The summed E-state index contributed by atoms with van der Waals surface area (Å²) >= 11 is 0. The number of ether oxygens (including phenoxy) is 1. The van der Waals surface area contributed by atoms with Crippen LogP contribution in [-0.4, -0.2) is 121 Å². The average Bonchev–Trinajstić information content (AvgIpc) is 3.17. The Morgan fingerprint density at radius 3 is 1.89 bits per heavy atom. The van der Waals surface area contributed by atoms with Crippen LogP contribution in [0.1, 0.15) is 85.6 Å². The summed E-state index contributed by atoms with van der Waals surface area (Å²) in [5.41, 5.74) is 6.40. The van der Waals surface area contributed by atoms with E-state index in [1.807, 2.05) is 34.6 Å². The number of hydrogen-bond donors (Lipinski definition) is 8. The molecule has 0 aliphatic rings. The zero-order valence-corrected chi connectivity index (χ0v) is 34.0. The lowest BCUT2D eigenvalue weighted by Crippen LogP contribution is -2.59. The molecule has 17 nitrogen and oxygen atoms in total. The van der Waals surface area contributed by atoms with Crippen LogP contribution in [0.2, 0.25) is 0 Å². The predicted octanol–water partition coefficient (Wildman–Crippen LogP) is 0.466. The van der Waals surface area contributed by atoms with Gasteiger partial charge >= 0.3 is 5.97 Å². The number of carboxylic acid groups (broad SMARTS) is 1. The first kappa shape index (κ1) is 49.2. The standard InChI is InChI=1S/C39H65N7O10/c1-8-25(5)34(45-38(53)35(26(6)9-2)44-36(51)29(40)23-47)37(52)41-17-11-19-46(33(50)21-27-13-15-28(56-7)16-14-27)18-10-12-31(48)42-22-32(49)43-30(39(54)55)20-24(3)4/h13-16,24-26,29-30,34-35,47H,8-12,17-23,40H2,1-7H3,(H,41,52)(H,42,48)(H,43,49)(H,44,51)(H,45,53)(H,54,55). The molecular formula is C39H65N7O10. The van der Waals surface area contributed by atoms with Gasteiger partial charge in [-0.2, -0.15) is 0 Å². The van der Waals surface area contributed by atoms with Gasteiger partial charge in [-0.05, 0) is 54.7 Å². The summed E-state index contributed by atoms with van der Waals surface area (Å²) < 4.78 is 5.20. The summed E-state index contributed by atoms with van der Waals surface area (Å²) in [6, 6.07) is 2.91. The van der Waals surface area contributed by atoms with Crippen molar-refractivity contribution in [1.29, 1.82) is 0 Å². The number of carbonyl (C=O) groups excluding carboxylic acids is 6. The summed E-state index contributed by atoms with van der Waals surface area (Å²) in [5, 5.41) is 31.8. The van der Waals surface area contributed by atoms with E-state index in [0.717, 1.165) is 5.56 Å². The van der Waals surface area contributed by atoms with Crippen LogP contribution in [0, 0.1) is 17.8 Å². The van der Waals surface area contributed by atoms with Crippen molar-refractivity contribution in [3.05, 3.63) is 29.8 Å². The third-order valence-corrected chi connectivity index (χ3v) is 9.51. The predicted molar refractivity (Wildman–Crippen MR) is 210 cm³/mol. The maximum absolute atomic E-state index is 13.5. The van der Waals surface area contributed by atoms with Gasteiger partial charge in [-0.3, -0.25) is 28.8 Å². The molecule has 0 saturated heterocycles. The van der Waals surface area contributed by atoms with Gasteiger partial charge in [-0.1, -0.05) is 66.5 Å². The number of carbonyl (C=O) groups is 7. The number of carboxylic acids is 1. The first-order valence-corrected chi connectivity index (χ1v) is 19.4. The molecule has 56 heavy (non-hydrogen) atoms. The Kier molecular flexibility index (Phi) is 23.0. The Hall–Kier alpha value is -4.77. The number of methoxy groups -OCH3 is 1. The fourth-order valence-corrected chi connectivity index (χ4v) is 5.61. The number of aliphatic hydroxyl groups excluding tert-OH is 1. The summed E-state index contributed by atoms with van der Waals surface area (Å²) in [6.45, 7) is 10.7. The minimum atomic E-state index is -1.20. The van der Waals surface area contributed by atoms with Crippen LogP contribution in [0.4, 0.5) is 0 Å². The van der Waals surface area contributed by atoms with Crippen molar-refractivity contribution in [1.82, 2.24) is 31.5 Å². The number of aliphatic hydroxyl groups is 1. The fourth-order valence-electron chi connectivity index (χ4n) is 5.61. The lowest BCUT2D eigenvalue weighted by atomic mass is 9.94. The Labute approximate surface area is 330 Å². The van der Waals surface area contributed by atoms with E-state index in [1.165, 1.54) is 0 Å². The van der Waals surface area contributed by atoms with Crippen LogP contribution in [-0.2, 0) is 40.0 Å². The average molecular weight is 792 g/mol. The number of hydrogen-bond acceptors (Lipinski definition) is 10. The van der Waals surface area contributed by atoms with Crippen LogP contribution >= 0.6 is 0 Å². The van der Waals surface area contributed by atoms with Gasteiger partial charge in [0, 0.05) is 26.1 Å². The third-order valence-electron chi connectivity index (χ3n) is 9.51. The van der Waals surface area contributed by atoms with Crippen LogP contribution in [0.15, 0.2) is 24.3 Å². The molecule has 0 aromatic heterocycles. The highest BCUT2D eigenvalue weighted by Crippen LogP contribution is 2.15. The zero-order chi connectivity index (χ0) is 42.4. The molecule has 17 heteroatoms. The number of nitrogens with two attached hydrogens (primary N) is 1. The second-order valence-corrected chi connectivity index (χ2v) is 14.6. The lowest BCUT2D eigenvalue weighted by Gasteiger charge is -2.29. The van der Waals surface area contributed by atoms with Crippen molar-refractivity contribution in [2.24, 2.45) is 23.5 Å². The molecule has 316 valence electrons. The molecule has 9 N–H and O–H groups in total. The summed E-state index contributed by atoms with van der Waals surface area (Å²) in [6.07, 6.45) is 2.10. The van der Waals surface area contributed by atoms with Gasteiger partial charge in [-0.25, -0.2) is 4.79 Å². The number of nitrogens with one attached hydrogen (secondary N) is 5. The molecule has 6 amide bonds. The Morgan fingerprint density at radius 2 is 1.36 bits per heavy atom. The topological polar surface area (TPSA) is 259 Å². The van der Waals surface area contributed by atoms with Crippen molar-refractivity contribution in [2.75, 3.05) is 39.9 Å². The Morgan fingerprint density at radius 1 is 0.786 bits per heavy atom. The van der Waals surface area contributed by atoms with Gasteiger partial charge in [-0.15, -0.1) is 0 Å². The van der Waals surface area contributed by atoms with E-state index in [1.54, 1.807) is 43.2 Å². The normalized spacial score (nSPS) is 14.2. The quantitative estimate of drug-likeness (QED) is 0.0568. The van der Waals surface area contributed by atoms with Gasteiger partial charge in [0.2, 0.25) is 35.4 Å². The molecule has 0 fully saturated rings. The second-order valence-electron chi connectivity index (χ2n) is 14.6. The smallest absolute Gasteiger partial charge is 0.326 e. The summed E-state index contributed by atoms with van der Waals surface area (Å²) in [5.74, 6) is -3.93. The van der Waals surface area contributed by atoms with E-state index in [0.29, 0.717) is 25.0 Å². The number of amides is 6. The van der Waals surface area contributed by atoms with Crippen molar-refractivity contribution in [3.8, 4) is 5.75 Å². The maximum Gasteiger partial charge on any atom is 0.326 e. The number of benzene rings is 1. The second kappa shape index (κ2) is 26.2. The van der Waals surface area contributed by atoms with Crippen LogP contribution in [0.25, 0.3) is 0 Å². The van der Waals surface area contributed by atoms with Crippen LogP contribution in [0.5, 0.6) is 5.75 Å². The molecule has 0 bridgehead atoms. The van der Waals surface area contributed by atoms with E-state index in [-0.39, 0.29) is 75.5 Å². The van der Waals surface area contributed by atoms with Gasteiger partial charge in [0.05, 0.1) is 26.7 Å². The van der Waals surface area contributed by atoms with Crippen LogP contribution in [0.3, 0.4) is 0 Å². The molecule has 6 unspecified atom stereocenters. The molecule has 1 rings (SSSR count). The molecule has 0 aliphatic heterocycles. The van der Waals surface area contributed by atoms with E-state index in [2.05, 4.69) is 26.6 Å². The highest BCUT2D eigenvalue weighted by atomic mass is 16.5. The molecular weight excluding hydrogens is 726 g/mol. The summed E-state index contributed by atoms with van der Waals surface area (Å²) in [7, 11) is 1.54. The minimum Gasteiger partial charge on any atom is -0.497 e. The molecule has 6 atom stereocenters. The Balaban J connectivity index is 2.91.